The Morgan fingerprint density at radius 3 is 2.88 bits per heavy atom. The van der Waals surface area contributed by atoms with Crippen molar-refractivity contribution in [2.24, 2.45) is 17.3 Å². The zero-order valence-electron chi connectivity index (χ0n) is 11.1. The molecule has 2 nitrogen and oxygen atoms in total. The Morgan fingerprint density at radius 2 is 2.18 bits per heavy atom. The third-order valence-electron chi connectivity index (χ3n) is 5.17. The van der Waals surface area contributed by atoms with Crippen LogP contribution in [0.5, 0.6) is 0 Å². The molecular formula is C15H24O2. The van der Waals surface area contributed by atoms with Crippen molar-refractivity contribution in [2.45, 2.75) is 65.2 Å². The van der Waals surface area contributed by atoms with Crippen LogP contribution in [0.4, 0.5) is 0 Å². The van der Waals surface area contributed by atoms with Gasteiger partial charge in [0.15, 0.2) is 0 Å². The Balaban J connectivity index is 1.99. The van der Waals surface area contributed by atoms with Crippen LogP contribution in [-0.2, 0) is 9.59 Å². The molecule has 2 saturated carbocycles. The highest BCUT2D eigenvalue weighted by atomic mass is 16.1. The van der Waals surface area contributed by atoms with Crippen molar-refractivity contribution in [2.75, 3.05) is 0 Å². The molecule has 0 amide bonds. The normalized spacial score (nSPS) is 36.9. The van der Waals surface area contributed by atoms with Gasteiger partial charge in [-0.2, -0.15) is 0 Å². The average molecular weight is 236 g/mol. The van der Waals surface area contributed by atoms with Gasteiger partial charge in [0.1, 0.15) is 11.6 Å². The molecule has 0 heterocycles. The molecule has 0 saturated heterocycles. The fourth-order valence-corrected chi connectivity index (χ4v) is 3.98. The molecule has 0 aliphatic heterocycles. The second-order valence-electron chi connectivity index (χ2n) is 6.07. The average Bonchev–Trinajstić information content (AvgIpc) is 2.63. The van der Waals surface area contributed by atoms with Crippen LogP contribution in [0.15, 0.2) is 0 Å². The highest BCUT2D eigenvalue weighted by Crippen LogP contribution is 2.53. The third kappa shape index (κ3) is 2.31. The summed E-state index contributed by atoms with van der Waals surface area (Å²) in [5, 5.41) is 0. The van der Waals surface area contributed by atoms with Crippen LogP contribution < -0.4 is 0 Å². The first kappa shape index (κ1) is 12.8. The van der Waals surface area contributed by atoms with Gasteiger partial charge in [-0.1, -0.05) is 26.7 Å². The molecule has 2 fully saturated rings. The van der Waals surface area contributed by atoms with Crippen LogP contribution >= 0.6 is 0 Å². The van der Waals surface area contributed by atoms with Gasteiger partial charge in [-0.05, 0) is 31.1 Å². The molecule has 0 aromatic heterocycles. The van der Waals surface area contributed by atoms with Crippen LogP contribution in [0.2, 0.25) is 0 Å². The van der Waals surface area contributed by atoms with E-state index in [1.165, 1.54) is 12.8 Å². The number of carbonyl (C=O) groups is 2. The predicted molar refractivity (Wildman–Crippen MR) is 67.7 cm³/mol. The number of Topliss-reactive ketones (excluding diaryl/α,β-unsaturated/α-hetero) is 2. The first-order chi connectivity index (χ1) is 8.08. The fraction of sp³-hybridized carbons (Fsp3) is 0.867. The fourth-order valence-electron chi connectivity index (χ4n) is 3.98. The maximum atomic E-state index is 12.0. The minimum Gasteiger partial charge on any atom is -0.300 e. The van der Waals surface area contributed by atoms with Gasteiger partial charge in [-0.25, -0.2) is 0 Å². The second-order valence-corrected chi connectivity index (χ2v) is 6.07. The number of fused-ring (bicyclic) bond motifs is 1. The number of ketones is 2. The van der Waals surface area contributed by atoms with Gasteiger partial charge < -0.3 is 0 Å². The van der Waals surface area contributed by atoms with Gasteiger partial charge >= 0.3 is 0 Å². The van der Waals surface area contributed by atoms with E-state index in [4.69, 9.17) is 0 Å². The van der Waals surface area contributed by atoms with E-state index in [9.17, 15) is 9.59 Å². The van der Waals surface area contributed by atoms with E-state index in [1.807, 2.05) is 6.92 Å². The molecule has 0 aromatic carbocycles. The number of hydrogen-bond donors (Lipinski definition) is 0. The number of carbonyl (C=O) groups excluding carboxylic acids is 2. The van der Waals surface area contributed by atoms with Crippen molar-refractivity contribution >= 4 is 11.6 Å². The summed E-state index contributed by atoms with van der Waals surface area (Å²) in [6.07, 6.45) is 7.72. The van der Waals surface area contributed by atoms with E-state index < -0.39 is 0 Å². The van der Waals surface area contributed by atoms with E-state index in [0.717, 1.165) is 32.1 Å². The molecule has 2 rings (SSSR count). The molecule has 17 heavy (non-hydrogen) atoms. The Labute approximate surface area is 104 Å². The summed E-state index contributed by atoms with van der Waals surface area (Å²) in [6, 6.07) is 0. The Bertz CT molecular complexity index is 321. The van der Waals surface area contributed by atoms with Crippen LogP contribution in [0.25, 0.3) is 0 Å². The highest BCUT2D eigenvalue weighted by molar-refractivity contribution is 5.87. The van der Waals surface area contributed by atoms with Crippen molar-refractivity contribution in [3.8, 4) is 0 Å². The van der Waals surface area contributed by atoms with Gasteiger partial charge in [0.2, 0.25) is 0 Å². The number of rotatable bonds is 4. The third-order valence-corrected chi connectivity index (χ3v) is 5.17. The maximum absolute atomic E-state index is 12.0. The molecule has 2 aliphatic rings. The summed E-state index contributed by atoms with van der Waals surface area (Å²) in [7, 11) is 0. The summed E-state index contributed by atoms with van der Waals surface area (Å²) in [4.78, 5) is 23.4. The zero-order chi connectivity index (χ0) is 12.5. The predicted octanol–water partition coefficient (Wildman–Crippen LogP) is 3.53. The maximum Gasteiger partial charge on any atom is 0.139 e. The Hall–Kier alpha value is -0.660. The quantitative estimate of drug-likeness (QED) is 0.748. The Morgan fingerprint density at radius 1 is 1.41 bits per heavy atom. The van der Waals surface area contributed by atoms with Crippen LogP contribution in [0.3, 0.4) is 0 Å². The lowest BCUT2D eigenvalue weighted by molar-refractivity contribution is -0.128. The van der Waals surface area contributed by atoms with E-state index in [0.29, 0.717) is 29.8 Å². The second kappa shape index (κ2) is 4.91. The van der Waals surface area contributed by atoms with Gasteiger partial charge in [0, 0.05) is 24.7 Å². The largest absolute Gasteiger partial charge is 0.300 e. The van der Waals surface area contributed by atoms with Gasteiger partial charge in [-0.3, -0.25) is 9.59 Å². The first-order valence-corrected chi connectivity index (χ1v) is 7.13. The van der Waals surface area contributed by atoms with Crippen molar-refractivity contribution in [1.29, 1.82) is 0 Å². The minimum atomic E-state index is -0.0435. The zero-order valence-corrected chi connectivity index (χ0v) is 11.1. The van der Waals surface area contributed by atoms with Crippen LogP contribution in [0, 0.1) is 17.3 Å². The summed E-state index contributed by atoms with van der Waals surface area (Å²) >= 11 is 0. The molecule has 0 N–H and O–H groups in total. The summed E-state index contributed by atoms with van der Waals surface area (Å²) in [6.45, 7) is 4.10. The lowest BCUT2D eigenvalue weighted by Gasteiger charge is -2.40. The minimum absolute atomic E-state index is 0.0435. The molecule has 0 aromatic rings. The summed E-state index contributed by atoms with van der Waals surface area (Å²) in [5.41, 5.74) is -0.0435. The van der Waals surface area contributed by atoms with Crippen molar-refractivity contribution in [3.63, 3.8) is 0 Å². The topological polar surface area (TPSA) is 34.1 Å². The lowest BCUT2D eigenvalue weighted by Crippen LogP contribution is -2.37. The van der Waals surface area contributed by atoms with Crippen molar-refractivity contribution in [3.05, 3.63) is 0 Å². The molecule has 0 spiro atoms. The smallest absolute Gasteiger partial charge is 0.139 e. The molecule has 0 radical (unpaired) electrons. The summed E-state index contributed by atoms with van der Waals surface area (Å²) < 4.78 is 0. The molecule has 3 atom stereocenters. The standard InChI is InChI=1S/C15H24O2/c1-3-12(16)7-6-11-5-4-10-15(2)13(11)8-9-14(15)17/h11,13H,3-10H2,1-2H3/t11-,13?,15-/m0/s1. The molecular weight excluding hydrogens is 212 g/mol. The van der Waals surface area contributed by atoms with Crippen LogP contribution in [0.1, 0.15) is 65.2 Å². The van der Waals surface area contributed by atoms with Crippen LogP contribution in [-0.4, -0.2) is 11.6 Å². The van der Waals surface area contributed by atoms with E-state index in [2.05, 4.69) is 6.92 Å². The van der Waals surface area contributed by atoms with Gasteiger partial charge in [-0.15, -0.1) is 0 Å². The number of hydrogen-bond acceptors (Lipinski definition) is 2. The SMILES string of the molecule is CCC(=O)CC[C@@H]1CCC[C@]2(C)C(=O)CCC12. The van der Waals surface area contributed by atoms with Gasteiger partial charge in [0.05, 0.1) is 0 Å². The van der Waals surface area contributed by atoms with Crippen molar-refractivity contribution in [1.82, 2.24) is 0 Å². The molecule has 2 heteroatoms. The van der Waals surface area contributed by atoms with E-state index >= 15 is 0 Å². The Kier molecular flexibility index (Phi) is 3.70. The molecule has 2 aliphatic carbocycles. The van der Waals surface area contributed by atoms with Crippen molar-refractivity contribution < 1.29 is 9.59 Å². The molecule has 1 unspecified atom stereocenters. The summed E-state index contributed by atoms with van der Waals surface area (Å²) in [5.74, 6) is 2.04. The lowest BCUT2D eigenvalue weighted by atomic mass is 9.63. The molecule has 96 valence electrons. The van der Waals surface area contributed by atoms with E-state index in [1.54, 1.807) is 0 Å². The first-order valence-electron chi connectivity index (χ1n) is 7.13. The molecule has 0 bridgehead atoms. The van der Waals surface area contributed by atoms with E-state index in [-0.39, 0.29) is 5.41 Å². The monoisotopic (exact) mass is 236 g/mol. The highest BCUT2D eigenvalue weighted by Gasteiger charge is 2.50. The van der Waals surface area contributed by atoms with Gasteiger partial charge in [0.25, 0.3) is 0 Å².